The highest BCUT2D eigenvalue weighted by atomic mass is 35.5. The van der Waals surface area contributed by atoms with Crippen LogP contribution in [0, 0.1) is 3.82 Å². The zero-order valence-corrected chi connectivity index (χ0v) is 18.1. The highest BCUT2D eigenvalue weighted by molar-refractivity contribution is 7.80. The molecule has 3 nitrogen and oxygen atoms in total. The van der Waals surface area contributed by atoms with Crippen molar-refractivity contribution in [1.82, 2.24) is 0 Å². The average Bonchev–Trinajstić information content (AvgIpc) is 3.04. The molecule has 0 atom stereocenters. The maximum atomic E-state index is 13.7. The molecule has 2 heterocycles. The molecule has 3 aromatic rings. The Kier molecular flexibility index (Phi) is 4.63. The van der Waals surface area contributed by atoms with Crippen molar-refractivity contribution in [1.29, 1.82) is 0 Å². The third kappa shape index (κ3) is 2.83. The smallest absolute Gasteiger partial charge is 0.262 e. The molecule has 0 aliphatic carbocycles. The number of benzene rings is 2. The Morgan fingerprint density at radius 1 is 1.19 bits per heavy atom. The second kappa shape index (κ2) is 6.71. The number of halogens is 1. The number of rotatable bonds is 2. The van der Waals surface area contributed by atoms with Gasteiger partial charge in [0, 0.05) is 16.1 Å². The van der Waals surface area contributed by atoms with Gasteiger partial charge in [0.25, 0.3) is 5.91 Å². The van der Waals surface area contributed by atoms with Crippen LogP contribution >= 0.6 is 44.5 Å². The predicted molar refractivity (Wildman–Crippen MR) is 116 cm³/mol. The fourth-order valence-corrected chi connectivity index (χ4v) is 6.95. The van der Waals surface area contributed by atoms with Gasteiger partial charge in [0.15, 0.2) is 0 Å². The molecule has 0 fully saturated rings. The summed E-state index contributed by atoms with van der Waals surface area (Å²) in [6.07, 6.45) is 0. The lowest BCUT2D eigenvalue weighted by Gasteiger charge is -2.43. The minimum atomic E-state index is -0.566. The van der Waals surface area contributed by atoms with E-state index in [2.05, 4.69) is 0 Å². The van der Waals surface area contributed by atoms with Gasteiger partial charge in [0.2, 0.25) is 0 Å². The molecule has 7 heteroatoms. The van der Waals surface area contributed by atoms with Crippen molar-refractivity contribution >= 4 is 56.1 Å². The van der Waals surface area contributed by atoms with E-state index in [-0.39, 0.29) is 5.91 Å². The number of nitrogens with zero attached hydrogens (tertiary/aromatic N) is 1. The minimum Gasteiger partial charge on any atom is -0.496 e. The molecule has 0 spiro atoms. The van der Waals surface area contributed by atoms with Gasteiger partial charge >= 0.3 is 0 Å². The zero-order valence-electron chi connectivity index (χ0n) is 14.9. The van der Waals surface area contributed by atoms with Crippen molar-refractivity contribution in [3.05, 3.63) is 61.8 Å². The van der Waals surface area contributed by atoms with Crippen molar-refractivity contribution in [2.24, 2.45) is 0 Å². The first-order valence-electron chi connectivity index (χ1n) is 8.27. The molecule has 27 heavy (non-hydrogen) atoms. The number of para-hydroxylation sites is 1. The number of hydrogen-bond donors (Lipinski definition) is 0. The summed E-state index contributed by atoms with van der Waals surface area (Å²) in [5.74, 6) is 0.418. The number of fused-ring (bicyclic) bond motifs is 3. The highest BCUT2D eigenvalue weighted by Gasteiger charge is 2.43. The first-order chi connectivity index (χ1) is 12.9. The van der Waals surface area contributed by atoms with Crippen molar-refractivity contribution in [3.8, 4) is 16.9 Å². The number of ether oxygens (including phenoxy) is 1. The molecule has 0 unspecified atom stereocenters. The Balaban J connectivity index is 2.00. The Hall–Kier alpha value is -1.73. The van der Waals surface area contributed by atoms with Gasteiger partial charge in [-0.15, -0.1) is 0 Å². The molecule has 2 aromatic carbocycles. The van der Waals surface area contributed by atoms with Crippen molar-refractivity contribution in [3.63, 3.8) is 0 Å². The van der Waals surface area contributed by atoms with Crippen LogP contribution < -0.4 is 9.64 Å². The molecule has 0 saturated heterocycles. The Labute approximate surface area is 175 Å². The van der Waals surface area contributed by atoms with Crippen LogP contribution in [0.15, 0.2) is 42.5 Å². The second-order valence-electron chi connectivity index (χ2n) is 6.72. The van der Waals surface area contributed by atoms with Crippen LogP contribution in [0.25, 0.3) is 11.1 Å². The number of anilines is 1. The number of carbonyl (C=O) groups excluding carboxylic acids is 1. The van der Waals surface area contributed by atoms with Crippen LogP contribution in [0.1, 0.15) is 29.1 Å². The van der Waals surface area contributed by atoms with E-state index >= 15 is 0 Å². The molecule has 1 amide bonds. The second-order valence-corrected chi connectivity index (χ2v) is 9.97. The summed E-state index contributed by atoms with van der Waals surface area (Å²) < 4.78 is 6.27. The van der Waals surface area contributed by atoms with Crippen molar-refractivity contribution < 1.29 is 9.53 Å². The first kappa shape index (κ1) is 18.6. The van der Waals surface area contributed by atoms with Gasteiger partial charge in [-0.2, -0.15) is 0 Å². The topological polar surface area (TPSA) is 29.5 Å². The summed E-state index contributed by atoms with van der Waals surface area (Å²) in [7, 11) is 4.77. The average molecular weight is 434 g/mol. The summed E-state index contributed by atoms with van der Waals surface area (Å²) in [5.41, 5.74) is 2.71. The molecule has 0 N–H and O–H groups in total. The minimum absolute atomic E-state index is 0.129. The van der Waals surface area contributed by atoms with E-state index in [1.54, 1.807) is 39.9 Å². The lowest BCUT2D eigenvalue weighted by Crippen LogP contribution is -2.47. The predicted octanol–water partition coefficient (Wildman–Crippen LogP) is 6.76. The molecular formula is C20H16ClNO2S3. The van der Waals surface area contributed by atoms with Crippen LogP contribution in [0.4, 0.5) is 5.69 Å². The summed E-state index contributed by atoms with van der Waals surface area (Å²) in [6.45, 7) is 4.09. The molecule has 4 rings (SSSR count). The quantitative estimate of drug-likeness (QED) is 0.330. The lowest BCUT2D eigenvalue weighted by atomic mass is 9.87. The van der Waals surface area contributed by atoms with Crippen molar-refractivity contribution in [2.45, 2.75) is 19.4 Å². The standard InChI is InChI=1S/C20H16ClNO2S3/c1-20(2)17-16(19(25)27-26-17)12-9-8-11(21)10-14(12)22(20)18(23)13-6-4-5-7-15(13)24-3/h4-10H,1-3H3. The van der Waals surface area contributed by atoms with Crippen LogP contribution in [-0.4, -0.2) is 13.0 Å². The van der Waals surface area contributed by atoms with Crippen molar-refractivity contribution in [2.75, 3.05) is 12.0 Å². The summed E-state index contributed by atoms with van der Waals surface area (Å²) >= 11 is 11.9. The normalized spacial score (nSPS) is 14.4. The van der Waals surface area contributed by atoms with Gasteiger partial charge < -0.3 is 4.74 Å². The maximum absolute atomic E-state index is 13.7. The SMILES string of the molecule is COc1ccccc1C(=O)N1c2cc(Cl)ccc2-c2c(ssc2=S)C1(C)C. The van der Waals surface area contributed by atoms with Crippen LogP contribution in [0.3, 0.4) is 0 Å². The van der Waals surface area contributed by atoms with Gasteiger partial charge in [-0.3, -0.25) is 9.69 Å². The summed E-state index contributed by atoms with van der Waals surface area (Å²) in [5, 5.41) is 0.579. The van der Waals surface area contributed by atoms with Crippen LogP contribution in [0.2, 0.25) is 5.02 Å². The van der Waals surface area contributed by atoms with Crippen LogP contribution in [-0.2, 0) is 5.54 Å². The monoisotopic (exact) mass is 433 g/mol. The summed E-state index contributed by atoms with van der Waals surface area (Å²) in [4.78, 5) is 16.6. The van der Waals surface area contributed by atoms with E-state index in [0.29, 0.717) is 16.3 Å². The Bertz CT molecular complexity index is 1120. The fraction of sp³-hybridized carbons (Fsp3) is 0.200. The number of methoxy groups -OCH3 is 1. The van der Waals surface area contributed by atoms with E-state index in [9.17, 15) is 4.79 Å². The molecule has 1 aliphatic rings. The number of amides is 1. The third-order valence-corrected chi connectivity index (χ3v) is 8.32. The molecule has 1 aliphatic heterocycles. The molecular weight excluding hydrogens is 418 g/mol. The van der Waals surface area contributed by atoms with Gasteiger partial charge in [-0.25, -0.2) is 0 Å². The van der Waals surface area contributed by atoms with Gasteiger partial charge in [-0.1, -0.05) is 62.7 Å². The first-order valence-corrected chi connectivity index (χ1v) is 11.2. The van der Waals surface area contributed by atoms with Gasteiger partial charge in [0.05, 0.1) is 28.8 Å². The number of carbonyl (C=O) groups is 1. The van der Waals surface area contributed by atoms with E-state index in [1.807, 2.05) is 49.1 Å². The van der Waals surface area contributed by atoms with E-state index < -0.39 is 5.54 Å². The van der Waals surface area contributed by atoms with Gasteiger partial charge in [-0.05, 0) is 38.1 Å². The highest BCUT2D eigenvalue weighted by Crippen LogP contribution is 2.53. The summed E-state index contributed by atoms with van der Waals surface area (Å²) in [6, 6.07) is 12.9. The van der Waals surface area contributed by atoms with Crippen LogP contribution in [0.5, 0.6) is 5.75 Å². The molecule has 0 saturated carbocycles. The van der Waals surface area contributed by atoms with E-state index in [4.69, 9.17) is 28.6 Å². The zero-order chi connectivity index (χ0) is 19.3. The molecule has 1 aromatic heterocycles. The maximum Gasteiger partial charge on any atom is 0.262 e. The fourth-order valence-electron chi connectivity index (χ4n) is 3.50. The largest absolute Gasteiger partial charge is 0.496 e. The third-order valence-electron chi connectivity index (χ3n) is 4.76. The molecule has 0 radical (unpaired) electrons. The Morgan fingerprint density at radius 3 is 2.67 bits per heavy atom. The molecule has 138 valence electrons. The number of hydrogen-bond acceptors (Lipinski definition) is 5. The Morgan fingerprint density at radius 2 is 1.93 bits per heavy atom. The molecule has 0 bridgehead atoms. The van der Waals surface area contributed by atoms with Gasteiger partial charge in [0.1, 0.15) is 9.57 Å². The van der Waals surface area contributed by atoms with E-state index in [1.165, 1.54) is 0 Å². The van der Waals surface area contributed by atoms with E-state index in [0.717, 1.165) is 25.5 Å². The lowest BCUT2D eigenvalue weighted by molar-refractivity contribution is 0.0958.